The number of carboxylic acids is 1. The van der Waals surface area contributed by atoms with Crippen molar-refractivity contribution in [3.63, 3.8) is 0 Å². The van der Waals surface area contributed by atoms with Crippen molar-refractivity contribution in [2.75, 3.05) is 26.0 Å². The molecule has 0 heterocycles. The fraction of sp³-hybridized carbons (Fsp3) is 0.462. The average Bonchev–Trinajstić information content (AvgIpc) is 2.35. The van der Waals surface area contributed by atoms with E-state index in [2.05, 4.69) is 5.32 Å². The zero-order chi connectivity index (χ0) is 15.5. The van der Waals surface area contributed by atoms with Gasteiger partial charge in [0.2, 0.25) is 0 Å². The van der Waals surface area contributed by atoms with Crippen LogP contribution in [0.15, 0.2) is 18.2 Å². The molecule has 0 fully saturated rings. The van der Waals surface area contributed by atoms with Crippen LogP contribution < -0.4 is 5.32 Å². The van der Waals surface area contributed by atoms with Crippen molar-refractivity contribution in [2.24, 2.45) is 0 Å². The molecule has 0 radical (unpaired) electrons. The molecule has 2 N–H and O–H groups in total. The lowest BCUT2D eigenvalue weighted by atomic mass is 10.0. The summed E-state index contributed by atoms with van der Waals surface area (Å²) >= 11 is 0. The molecular weight excluding hydrogens is 262 g/mol. The van der Waals surface area contributed by atoms with Crippen molar-refractivity contribution < 1.29 is 14.8 Å². The van der Waals surface area contributed by atoms with Crippen LogP contribution in [0.25, 0.3) is 0 Å². The number of anilines is 1. The molecular formula is C13H19N3O4. The smallest absolute Gasteiger partial charge is 0.335 e. The first kappa shape index (κ1) is 15.9. The standard InChI is InChI=1S/C13H19N3O4/c1-13(2,15(3)4)8-14-10-7-9(12(17)18)5-6-11(10)16(19)20/h5-7,14H,8H2,1-4H3,(H,17,18). The highest BCUT2D eigenvalue weighted by molar-refractivity contribution is 5.90. The van der Waals surface area contributed by atoms with Crippen molar-refractivity contribution in [1.82, 2.24) is 4.90 Å². The molecule has 1 rings (SSSR count). The second-order valence-corrected chi connectivity index (χ2v) is 5.35. The fourth-order valence-electron chi connectivity index (χ4n) is 1.44. The number of nitro groups is 1. The van der Waals surface area contributed by atoms with Gasteiger partial charge in [-0.2, -0.15) is 0 Å². The summed E-state index contributed by atoms with van der Waals surface area (Å²) in [5.74, 6) is -1.12. The summed E-state index contributed by atoms with van der Waals surface area (Å²) in [6.07, 6.45) is 0. The van der Waals surface area contributed by atoms with Crippen molar-refractivity contribution in [3.05, 3.63) is 33.9 Å². The number of nitrogens with one attached hydrogen (secondary N) is 1. The minimum atomic E-state index is -1.12. The van der Waals surface area contributed by atoms with Gasteiger partial charge in [-0.15, -0.1) is 0 Å². The molecule has 7 nitrogen and oxygen atoms in total. The number of nitrogens with zero attached hydrogens (tertiary/aromatic N) is 2. The third-order valence-electron chi connectivity index (χ3n) is 3.36. The topological polar surface area (TPSA) is 95.7 Å². The molecule has 1 aromatic carbocycles. The van der Waals surface area contributed by atoms with Crippen LogP contribution in [0, 0.1) is 10.1 Å². The Hall–Kier alpha value is -2.15. The van der Waals surface area contributed by atoms with Crippen LogP contribution in [-0.4, -0.2) is 47.1 Å². The van der Waals surface area contributed by atoms with E-state index in [1.54, 1.807) is 0 Å². The number of aromatic carboxylic acids is 1. The van der Waals surface area contributed by atoms with Gasteiger partial charge in [-0.1, -0.05) is 0 Å². The van der Waals surface area contributed by atoms with E-state index in [1.165, 1.54) is 18.2 Å². The molecule has 0 unspecified atom stereocenters. The minimum absolute atomic E-state index is 0.0146. The number of carboxylic acid groups (broad SMARTS) is 1. The van der Waals surface area contributed by atoms with E-state index in [4.69, 9.17) is 5.11 Å². The molecule has 0 aliphatic heterocycles. The van der Waals surface area contributed by atoms with Gasteiger partial charge < -0.3 is 15.3 Å². The maximum atomic E-state index is 11.0. The van der Waals surface area contributed by atoms with Crippen LogP contribution in [0.1, 0.15) is 24.2 Å². The van der Waals surface area contributed by atoms with Crippen molar-refractivity contribution in [2.45, 2.75) is 19.4 Å². The van der Waals surface area contributed by atoms with E-state index in [0.717, 1.165) is 0 Å². The molecule has 0 saturated heterocycles. The first-order valence-electron chi connectivity index (χ1n) is 6.08. The molecule has 20 heavy (non-hydrogen) atoms. The van der Waals surface area contributed by atoms with Crippen LogP contribution in [0.5, 0.6) is 0 Å². The summed E-state index contributed by atoms with van der Waals surface area (Å²) < 4.78 is 0. The molecule has 0 amide bonds. The molecule has 7 heteroatoms. The zero-order valence-corrected chi connectivity index (χ0v) is 12.0. The highest BCUT2D eigenvalue weighted by Crippen LogP contribution is 2.26. The molecule has 0 aliphatic rings. The fourth-order valence-corrected chi connectivity index (χ4v) is 1.44. The minimum Gasteiger partial charge on any atom is -0.478 e. The van der Waals surface area contributed by atoms with Crippen molar-refractivity contribution >= 4 is 17.3 Å². The van der Waals surface area contributed by atoms with Gasteiger partial charge in [0.05, 0.1) is 10.5 Å². The second kappa shape index (κ2) is 5.87. The Morgan fingerprint density at radius 2 is 2.05 bits per heavy atom. The molecule has 0 bridgehead atoms. The van der Waals surface area contributed by atoms with E-state index in [-0.39, 0.29) is 22.5 Å². The maximum Gasteiger partial charge on any atom is 0.335 e. The Morgan fingerprint density at radius 3 is 2.50 bits per heavy atom. The van der Waals surface area contributed by atoms with E-state index in [0.29, 0.717) is 6.54 Å². The van der Waals surface area contributed by atoms with Gasteiger partial charge in [0.1, 0.15) is 5.69 Å². The van der Waals surface area contributed by atoms with Gasteiger partial charge >= 0.3 is 5.97 Å². The summed E-state index contributed by atoms with van der Waals surface area (Å²) in [6, 6.07) is 3.71. The highest BCUT2D eigenvalue weighted by atomic mass is 16.6. The lowest BCUT2D eigenvalue weighted by Crippen LogP contribution is -2.44. The third-order valence-corrected chi connectivity index (χ3v) is 3.36. The van der Waals surface area contributed by atoms with E-state index < -0.39 is 10.9 Å². The Labute approximate surface area is 117 Å². The number of nitro benzene ring substituents is 1. The van der Waals surface area contributed by atoms with E-state index in [1.807, 2.05) is 32.8 Å². The average molecular weight is 281 g/mol. The van der Waals surface area contributed by atoms with Gasteiger partial charge in [-0.25, -0.2) is 4.79 Å². The Balaban J connectivity index is 3.05. The van der Waals surface area contributed by atoms with Gasteiger partial charge in [0.25, 0.3) is 5.69 Å². The van der Waals surface area contributed by atoms with E-state index in [9.17, 15) is 14.9 Å². The summed E-state index contributed by atoms with van der Waals surface area (Å²) in [6.45, 7) is 4.41. The van der Waals surface area contributed by atoms with Gasteiger partial charge in [0.15, 0.2) is 0 Å². The molecule has 0 saturated carbocycles. The summed E-state index contributed by atoms with van der Waals surface area (Å²) in [5.41, 5.74) is -0.136. The number of likely N-dealkylation sites (N-methyl/N-ethyl adjacent to an activating group) is 1. The molecule has 0 spiro atoms. The van der Waals surface area contributed by atoms with Gasteiger partial charge in [-0.3, -0.25) is 10.1 Å². The first-order chi connectivity index (χ1) is 9.15. The van der Waals surface area contributed by atoms with Crippen LogP contribution >= 0.6 is 0 Å². The Morgan fingerprint density at radius 1 is 1.45 bits per heavy atom. The highest BCUT2D eigenvalue weighted by Gasteiger charge is 2.23. The van der Waals surface area contributed by atoms with E-state index >= 15 is 0 Å². The van der Waals surface area contributed by atoms with Crippen LogP contribution in [0.3, 0.4) is 0 Å². The molecule has 0 aliphatic carbocycles. The Bertz CT molecular complexity index is 526. The number of rotatable bonds is 6. The molecule has 0 atom stereocenters. The maximum absolute atomic E-state index is 11.0. The number of benzene rings is 1. The van der Waals surface area contributed by atoms with Crippen molar-refractivity contribution in [3.8, 4) is 0 Å². The predicted molar refractivity (Wildman–Crippen MR) is 76.3 cm³/mol. The number of hydrogen-bond donors (Lipinski definition) is 2. The van der Waals surface area contributed by atoms with Crippen LogP contribution in [0.4, 0.5) is 11.4 Å². The number of hydrogen-bond acceptors (Lipinski definition) is 5. The lowest BCUT2D eigenvalue weighted by Gasteiger charge is -2.32. The number of carbonyl (C=O) groups is 1. The summed E-state index contributed by atoms with van der Waals surface area (Å²) in [7, 11) is 3.81. The van der Waals surface area contributed by atoms with Gasteiger partial charge in [0, 0.05) is 18.2 Å². The SMILES string of the molecule is CN(C)C(C)(C)CNc1cc(C(=O)O)ccc1[N+](=O)[O-]. The molecule has 110 valence electrons. The zero-order valence-electron chi connectivity index (χ0n) is 12.0. The van der Waals surface area contributed by atoms with Crippen LogP contribution in [-0.2, 0) is 0 Å². The summed E-state index contributed by atoms with van der Waals surface area (Å²) in [4.78, 5) is 23.4. The molecule has 0 aromatic heterocycles. The summed E-state index contributed by atoms with van der Waals surface area (Å²) in [5, 5.41) is 22.9. The Kier molecular flexibility index (Phi) is 4.67. The quantitative estimate of drug-likeness (QED) is 0.612. The first-order valence-corrected chi connectivity index (χ1v) is 6.08. The normalized spacial score (nSPS) is 11.4. The molecule has 1 aromatic rings. The lowest BCUT2D eigenvalue weighted by molar-refractivity contribution is -0.384. The monoisotopic (exact) mass is 281 g/mol. The van der Waals surface area contributed by atoms with Crippen molar-refractivity contribution in [1.29, 1.82) is 0 Å². The van der Waals surface area contributed by atoms with Crippen LogP contribution in [0.2, 0.25) is 0 Å². The third kappa shape index (κ3) is 3.67. The predicted octanol–water partition coefficient (Wildman–Crippen LogP) is 2.05. The van der Waals surface area contributed by atoms with Gasteiger partial charge in [-0.05, 0) is 40.1 Å². The second-order valence-electron chi connectivity index (χ2n) is 5.35. The largest absolute Gasteiger partial charge is 0.478 e.